The average molecular weight is 392 g/mol. The van der Waals surface area contributed by atoms with E-state index in [1.807, 2.05) is 24.3 Å². The van der Waals surface area contributed by atoms with Gasteiger partial charge in [0.1, 0.15) is 0 Å². The third-order valence-corrected chi connectivity index (χ3v) is 5.43. The average Bonchev–Trinajstić information content (AvgIpc) is 3.08. The third-order valence-electron chi connectivity index (χ3n) is 5.43. The van der Waals surface area contributed by atoms with E-state index in [1.165, 1.54) is 22.6 Å². The Morgan fingerprint density at radius 2 is 1.90 bits per heavy atom. The normalized spacial score (nSPS) is 18.8. The van der Waals surface area contributed by atoms with Crippen LogP contribution in [-0.4, -0.2) is 35.4 Å². The van der Waals surface area contributed by atoms with Crippen molar-refractivity contribution in [2.45, 2.75) is 19.4 Å². The Balaban J connectivity index is 1.74. The van der Waals surface area contributed by atoms with E-state index in [9.17, 15) is 19.7 Å². The van der Waals surface area contributed by atoms with Crippen molar-refractivity contribution < 1.29 is 14.5 Å². The van der Waals surface area contributed by atoms with Crippen molar-refractivity contribution in [3.63, 3.8) is 0 Å². The number of nitro groups is 1. The second kappa shape index (κ2) is 7.05. The van der Waals surface area contributed by atoms with Crippen LogP contribution >= 0.6 is 0 Å². The van der Waals surface area contributed by atoms with Gasteiger partial charge < -0.3 is 10.2 Å². The number of carbonyl (C=O) groups excluding carboxylic acids is 2. The van der Waals surface area contributed by atoms with Gasteiger partial charge in [0.05, 0.1) is 28.8 Å². The summed E-state index contributed by atoms with van der Waals surface area (Å²) in [6.45, 7) is 2.33. The predicted molar refractivity (Wildman–Crippen MR) is 107 cm³/mol. The Labute approximate surface area is 167 Å². The number of aryl methyl sites for hydroxylation is 1. The molecule has 8 nitrogen and oxygen atoms in total. The maximum Gasteiger partial charge on any atom is 0.322 e. The summed E-state index contributed by atoms with van der Waals surface area (Å²) in [6.07, 6.45) is 0.902. The van der Waals surface area contributed by atoms with Crippen LogP contribution in [0.3, 0.4) is 0 Å². The number of rotatable bonds is 4. The summed E-state index contributed by atoms with van der Waals surface area (Å²) < 4.78 is 0. The fraction of sp³-hybridized carbons (Fsp3) is 0.238. The molecule has 8 heteroatoms. The number of non-ortho nitro benzene ring substituents is 1. The molecule has 2 heterocycles. The standard InChI is InChI=1S/C21H20N4O4/c1-3-13-7-9-15(10-8-13)24-12-17-18(20(24)26)19(22-21(27)23(17)2)14-5-4-6-16(11-14)25(28)29/h4-11,19H,3,12H2,1-2H3,(H,22,27). The van der Waals surface area contributed by atoms with Gasteiger partial charge in [-0.3, -0.25) is 19.8 Å². The highest BCUT2D eigenvalue weighted by atomic mass is 16.6. The number of hydrogen-bond donors (Lipinski definition) is 1. The van der Waals surface area contributed by atoms with Crippen LogP contribution in [0.25, 0.3) is 0 Å². The van der Waals surface area contributed by atoms with E-state index in [1.54, 1.807) is 24.1 Å². The summed E-state index contributed by atoms with van der Waals surface area (Å²) in [5.41, 5.74) is 3.38. The van der Waals surface area contributed by atoms with E-state index in [4.69, 9.17) is 0 Å². The zero-order valence-electron chi connectivity index (χ0n) is 16.1. The molecule has 1 atom stereocenters. The van der Waals surface area contributed by atoms with Gasteiger partial charge in [-0.05, 0) is 29.7 Å². The van der Waals surface area contributed by atoms with Gasteiger partial charge >= 0.3 is 6.03 Å². The largest absolute Gasteiger partial charge is 0.327 e. The maximum atomic E-state index is 13.3. The number of urea groups is 1. The number of likely N-dealkylation sites (N-methyl/N-ethyl adjacent to an activating group) is 1. The lowest BCUT2D eigenvalue weighted by molar-refractivity contribution is -0.384. The summed E-state index contributed by atoms with van der Waals surface area (Å²) in [6, 6.07) is 12.7. The maximum absolute atomic E-state index is 13.3. The SMILES string of the molecule is CCc1ccc(N2CC3=C(C2=O)C(c2cccc([N+](=O)[O-])c2)NC(=O)N3C)cc1. The second-order valence-electron chi connectivity index (χ2n) is 7.07. The van der Waals surface area contributed by atoms with Crippen LogP contribution in [-0.2, 0) is 11.2 Å². The molecule has 0 spiro atoms. The van der Waals surface area contributed by atoms with Crippen molar-refractivity contribution in [2.24, 2.45) is 0 Å². The quantitative estimate of drug-likeness (QED) is 0.639. The summed E-state index contributed by atoms with van der Waals surface area (Å²) >= 11 is 0. The molecular formula is C21H20N4O4. The molecule has 148 valence electrons. The van der Waals surface area contributed by atoms with Crippen molar-refractivity contribution in [3.05, 3.63) is 81.0 Å². The second-order valence-corrected chi connectivity index (χ2v) is 7.07. The minimum absolute atomic E-state index is 0.0877. The predicted octanol–water partition coefficient (Wildman–Crippen LogP) is 3.15. The van der Waals surface area contributed by atoms with Gasteiger partial charge in [0.2, 0.25) is 0 Å². The van der Waals surface area contributed by atoms with Crippen molar-refractivity contribution >= 4 is 23.3 Å². The Kier molecular flexibility index (Phi) is 4.54. The molecule has 0 saturated carbocycles. The fourth-order valence-electron chi connectivity index (χ4n) is 3.76. The number of nitrogens with one attached hydrogen (secondary N) is 1. The minimum Gasteiger partial charge on any atom is -0.327 e. The van der Waals surface area contributed by atoms with Crippen LogP contribution in [0.5, 0.6) is 0 Å². The first kappa shape index (κ1) is 18.7. The van der Waals surface area contributed by atoms with Gasteiger partial charge in [-0.2, -0.15) is 0 Å². The molecule has 2 aliphatic heterocycles. The first-order valence-corrected chi connectivity index (χ1v) is 9.33. The highest BCUT2D eigenvalue weighted by Crippen LogP contribution is 2.38. The molecule has 29 heavy (non-hydrogen) atoms. The number of nitrogens with zero attached hydrogens (tertiary/aromatic N) is 3. The van der Waals surface area contributed by atoms with Crippen molar-refractivity contribution in [2.75, 3.05) is 18.5 Å². The van der Waals surface area contributed by atoms with Crippen LogP contribution in [0.4, 0.5) is 16.2 Å². The summed E-state index contributed by atoms with van der Waals surface area (Å²) in [4.78, 5) is 39.5. The Morgan fingerprint density at radius 3 is 2.55 bits per heavy atom. The van der Waals surface area contributed by atoms with Crippen LogP contribution in [0.1, 0.15) is 24.1 Å². The highest BCUT2D eigenvalue weighted by molar-refractivity contribution is 6.11. The zero-order valence-corrected chi connectivity index (χ0v) is 16.1. The minimum atomic E-state index is -0.735. The van der Waals surface area contributed by atoms with Crippen molar-refractivity contribution in [1.29, 1.82) is 0 Å². The number of amides is 3. The van der Waals surface area contributed by atoms with E-state index in [2.05, 4.69) is 12.2 Å². The van der Waals surface area contributed by atoms with Gasteiger partial charge in [-0.25, -0.2) is 4.79 Å². The molecule has 4 rings (SSSR count). The van der Waals surface area contributed by atoms with Crippen molar-refractivity contribution in [1.82, 2.24) is 10.2 Å². The number of hydrogen-bond acceptors (Lipinski definition) is 4. The molecular weight excluding hydrogens is 372 g/mol. The van der Waals surface area contributed by atoms with Crippen molar-refractivity contribution in [3.8, 4) is 0 Å². The molecule has 0 saturated heterocycles. The first-order valence-electron chi connectivity index (χ1n) is 9.33. The molecule has 0 aliphatic carbocycles. The lowest BCUT2D eigenvalue weighted by Crippen LogP contribution is -2.45. The molecule has 0 fully saturated rings. The summed E-state index contributed by atoms with van der Waals surface area (Å²) in [5, 5.41) is 14.0. The highest BCUT2D eigenvalue weighted by Gasteiger charge is 2.43. The molecule has 0 bridgehead atoms. The number of carbonyl (C=O) groups is 2. The lowest BCUT2D eigenvalue weighted by atomic mass is 9.95. The topological polar surface area (TPSA) is 95.8 Å². The molecule has 0 aromatic heterocycles. The number of benzene rings is 2. The van der Waals surface area contributed by atoms with E-state index in [0.717, 1.165) is 12.1 Å². The van der Waals surface area contributed by atoms with Crippen LogP contribution < -0.4 is 10.2 Å². The molecule has 1 N–H and O–H groups in total. The lowest BCUT2D eigenvalue weighted by Gasteiger charge is -2.30. The van der Waals surface area contributed by atoms with Gasteiger partial charge in [-0.15, -0.1) is 0 Å². The molecule has 2 aromatic carbocycles. The molecule has 2 aliphatic rings. The fourth-order valence-corrected chi connectivity index (χ4v) is 3.76. The van der Waals surface area contributed by atoms with Crippen LogP contribution in [0, 0.1) is 10.1 Å². The molecule has 3 amide bonds. The van der Waals surface area contributed by atoms with Gasteiger partial charge in [-0.1, -0.05) is 31.2 Å². The third kappa shape index (κ3) is 3.12. The number of nitro benzene ring substituents is 1. The van der Waals surface area contributed by atoms with Crippen LogP contribution in [0.2, 0.25) is 0 Å². The van der Waals surface area contributed by atoms with Gasteiger partial charge in [0.15, 0.2) is 0 Å². The molecule has 1 unspecified atom stereocenters. The van der Waals surface area contributed by atoms with Gasteiger partial charge in [0, 0.05) is 24.9 Å². The van der Waals surface area contributed by atoms with E-state index >= 15 is 0 Å². The van der Waals surface area contributed by atoms with E-state index in [-0.39, 0.29) is 24.2 Å². The van der Waals surface area contributed by atoms with Crippen LogP contribution in [0.15, 0.2) is 59.8 Å². The van der Waals surface area contributed by atoms with Gasteiger partial charge in [0.25, 0.3) is 11.6 Å². The smallest absolute Gasteiger partial charge is 0.322 e. The zero-order chi connectivity index (χ0) is 20.7. The monoisotopic (exact) mass is 392 g/mol. The molecule has 2 aromatic rings. The summed E-state index contributed by atoms with van der Waals surface area (Å²) in [5.74, 6) is -0.215. The Hall–Kier alpha value is -3.68. The Bertz CT molecular complexity index is 1040. The van der Waals surface area contributed by atoms with E-state index < -0.39 is 11.0 Å². The Morgan fingerprint density at radius 1 is 1.17 bits per heavy atom. The first-order chi connectivity index (χ1) is 13.9. The summed E-state index contributed by atoms with van der Waals surface area (Å²) in [7, 11) is 1.62. The van der Waals surface area contributed by atoms with E-state index in [0.29, 0.717) is 16.8 Å². The molecule has 0 radical (unpaired) electrons. The number of anilines is 1.